The van der Waals surface area contributed by atoms with Gasteiger partial charge in [0.25, 0.3) is 0 Å². The number of halogens is 2. The van der Waals surface area contributed by atoms with Gasteiger partial charge in [0.2, 0.25) is 5.89 Å². The second-order valence-corrected chi connectivity index (χ2v) is 3.22. The summed E-state index contributed by atoms with van der Waals surface area (Å²) in [6.07, 6.45) is 0. The van der Waals surface area contributed by atoms with Crippen molar-refractivity contribution in [1.29, 1.82) is 0 Å². The highest BCUT2D eigenvalue weighted by Crippen LogP contribution is 2.12. The summed E-state index contributed by atoms with van der Waals surface area (Å²) in [5.74, 6) is -0.563. The molecule has 0 spiro atoms. The molecule has 4 nitrogen and oxygen atoms in total. The maximum absolute atomic E-state index is 13.2. The number of benzene rings is 1. The molecular weight excluding hydrogens is 216 g/mol. The molecule has 0 amide bonds. The fourth-order valence-electron chi connectivity index (χ4n) is 1.22. The van der Waals surface area contributed by atoms with Gasteiger partial charge in [-0.1, -0.05) is 5.10 Å². The second kappa shape index (κ2) is 4.26. The molecule has 16 heavy (non-hydrogen) atoms. The number of rotatable bonds is 3. The van der Waals surface area contributed by atoms with Crippen LogP contribution in [0.15, 0.2) is 22.6 Å². The molecular formula is C10H9F2N3O. The van der Waals surface area contributed by atoms with E-state index < -0.39 is 11.6 Å². The van der Waals surface area contributed by atoms with E-state index in [0.717, 1.165) is 18.2 Å². The van der Waals surface area contributed by atoms with Gasteiger partial charge in [-0.05, 0) is 18.2 Å². The van der Waals surface area contributed by atoms with Crippen LogP contribution in [0.25, 0.3) is 0 Å². The molecule has 0 saturated carbocycles. The molecule has 2 rings (SSSR count). The molecule has 1 aromatic heterocycles. The van der Waals surface area contributed by atoms with Crippen LogP contribution in [0.3, 0.4) is 0 Å². The van der Waals surface area contributed by atoms with Crippen LogP contribution in [0.4, 0.5) is 14.8 Å². The molecule has 0 aliphatic carbocycles. The van der Waals surface area contributed by atoms with Gasteiger partial charge in [-0.3, -0.25) is 0 Å². The third kappa shape index (κ3) is 2.33. The van der Waals surface area contributed by atoms with Gasteiger partial charge >= 0.3 is 6.01 Å². The van der Waals surface area contributed by atoms with Crippen LogP contribution in [0.1, 0.15) is 11.5 Å². The standard InChI is InChI=1S/C10H9F2N3O/c1-6-14-15-10(16-6)13-5-7-4-8(11)2-3-9(7)12/h2-4H,5H2,1H3,(H,13,15). The summed E-state index contributed by atoms with van der Waals surface area (Å²) in [6, 6.07) is 3.44. The molecule has 6 heteroatoms. The zero-order valence-electron chi connectivity index (χ0n) is 8.50. The van der Waals surface area contributed by atoms with Crippen molar-refractivity contribution < 1.29 is 13.2 Å². The summed E-state index contributed by atoms with van der Waals surface area (Å²) < 4.78 is 31.1. The highest BCUT2D eigenvalue weighted by atomic mass is 19.1. The second-order valence-electron chi connectivity index (χ2n) is 3.22. The van der Waals surface area contributed by atoms with Gasteiger partial charge in [-0.2, -0.15) is 0 Å². The van der Waals surface area contributed by atoms with E-state index >= 15 is 0 Å². The molecule has 1 aromatic carbocycles. The third-order valence-corrected chi connectivity index (χ3v) is 1.96. The smallest absolute Gasteiger partial charge is 0.315 e. The molecule has 0 bridgehead atoms. The summed E-state index contributed by atoms with van der Waals surface area (Å²) in [6.45, 7) is 1.73. The van der Waals surface area contributed by atoms with E-state index in [0.29, 0.717) is 5.89 Å². The van der Waals surface area contributed by atoms with E-state index in [2.05, 4.69) is 15.5 Å². The first kappa shape index (κ1) is 10.5. The van der Waals surface area contributed by atoms with Crippen molar-refractivity contribution in [2.45, 2.75) is 13.5 Å². The average Bonchev–Trinajstić information content (AvgIpc) is 2.66. The van der Waals surface area contributed by atoms with Crippen molar-refractivity contribution in [2.75, 3.05) is 5.32 Å². The zero-order valence-corrected chi connectivity index (χ0v) is 8.50. The molecule has 0 aliphatic heterocycles. The quantitative estimate of drug-likeness (QED) is 0.870. The van der Waals surface area contributed by atoms with Gasteiger partial charge in [0.1, 0.15) is 11.6 Å². The van der Waals surface area contributed by atoms with Gasteiger partial charge in [0, 0.05) is 19.0 Å². The first-order valence-electron chi connectivity index (χ1n) is 4.63. The SMILES string of the molecule is Cc1nnc(NCc2cc(F)ccc2F)o1. The number of aryl methyl sites for hydroxylation is 1. The predicted octanol–water partition coefficient (Wildman–Crippen LogP) is 2.27. The lowest BCUT2D eigenvalue weighted by atomic mass is 10.2. The molecule has 0 fully saturated rings. The number of nitrogens with zero attached hydrogens (tertiary/aromatic N) is 2. The Morgan fingerprint density at radius 3 is 2.81 bits per heavy atom. The Kier molecular flexibility index (Phi) is 2.80. The van der Waals surface area contributed by atoms with E-state index in [1.807, 2.05) is 0 Å². The Morgan fingerprint density at radius 2 is 2.12 bits per heavy atom. The lowest BCUT2D eigenvalue weighted by Gasteiger charge is -2.03. The van der Waals surface area contributed by atoms with Crippen LogP contribution >= 0.6 is 0 Å². The van der Waals surface area contributed by atoms with E-state index in [4.69, 9.17) is 4.42 Å². The van der Waals surface area contributed by atoms with Crippen molar-refractivity contribution in [3.8, 4) is 0 Å². The van der Waals surface area contributed by atoms with Crippen LogP contribution in [0.5, 0.6) is 0 Å². The van der Waals surface area contributed by atoms with Crippen molar-refractivity contribution in [3.63, 3.8) is 0 Å². The Labute approximate surface area is 90.3 Å². The Hall–Kier alpha value is -1.98. The Morgan fingerprint density at radius 1 is 1.31 bits per heavy atom. The molecule has 0 atom stereocenters. The monoisotopic (exact) mass is 225 g/mol. The lowest BCUT2D eigenvalue weighted by Crippen LogP contribution is -2.02. The van der Waals surface area contributed by atoms with Crippen molar-refractivity contribution >= 4 is 6.01 Å². The molecule has 2 aromatic rings. The molecule has 84 valence electrons. The molecule has 1 N–H and O–H groups in total. The van der Waals surface area contributed by atoms with Gasteiger partial charge in [-0.15, -0.1) is 5.10 Å². The maximum Gasteiger partial charge on any atom is 0.315 e. The molecule has 1 heterocycles. The van der Waals surface area contributed by atoms with Crippen LogP contribution in [-0.4, -0.2) is 10.2 Å². The van der Waals surface area contributed by atoms with E-state index in [9.17, 15) is 8.78 Å². The summed E-state index contributed by atoms with van der Waals surface area (Å²) in [7, 11) is 0. The van der Waals surface area contributed by atoms with Crippen LogP contribution in [0, 0.1) is 18.6 Å². The highest BCUT2D eigenvalue weighted by molar-refractivity contribution is 5.25. The minimum absolute atomic E-state index is 0.0885. The summed E-state index contributed by atoms with van der Waals surface area (Å²) >= 11 is 0. The zero-order chi connectivity index (χ0) is 11.5. The van der Waals surface area contributed by atoms with Gasteiger partial charge in [0.15, 0.2) is 0 Å². The van der Waals surface area contributed by atoms with Gasteiger partial charge in [0.05, 0.1) is 0 Å². The van der Waals surface area contributed by atoms with Crippen molar-refractivity contribution in [3.05, 3.63) is 41.3 Å². The maximum atomic E-state index is 13.2. The fraction of sp³-hybridized carbons (Fsp3) is 0.200. The predicted molar refractivity (Wildman–Crippen MR) is 52.7 cm³/mol. The minimum atomic E-state index is -0.486. The van der Waals surface area contributed by atoms with Crippen molar-refractivity contribution in [1.82, 2.24) is 10.2 Å². The Bertz CT molecular complexity index is 499. The number of anilines is 1. The number of hydrogen-bond acceptors (Lipinski definition) is 4. The van der Waals surface area contributed by atoms with Gasteiger partial charge < -0.3 is 9.73 Å². The summed E-state index contributed by atoms with van der Waals surface area (Å²) in [4.78, 5) is 0. The van der Waals surface area contributed by atoms with E-state index in [-0.39, 0.29) is 18.1 Å². The largest absolute Gasteiger partial charge is 0.408 e. The fourth-order valence-corrected chi connectivity index (χ4v) is 1.22. The summed E-state index contributed by atoms with van der Waals surface area (Å²) in [5.41, 5.74) is 0.204. The van der Waals surface area contributed by atoms with Crippen LogP contribution < -0.4 is 5.32 Å². The number of nitrogens with one attached hydrogen (secondary N) is 1. The first-order chi connectivity index (χ1) is 7.65. The van der Waals surface area contributed by atoms with E-state index in [1.165, 1.54) is 0 Å². The topological polar surface area (TPSA) is 51.0 Å². The van der Waals surface area contributed by atoms with Crippen molar-refractivity contribution in [2.24, 2.45) is 0 Å². The molecule has 0 aliphatic rings. The highest BCUT2D eigenvalue weighted by Gasteiger charge is 2.06. The van der Waals surface area contributed by atoms with E-state index in [1.54, 1.807) is 6.92 Å². The molecule has 0 radical (unpaired) electrons. The number of hydrogen-bond donors (Lipinski definition) is 1. The van der Waals surface area contributed by atoms with Gasteiger partial charge in [-0.25, -0.2) is 8.78 Å². The normalized spacial score (nSPS) is 10.4. The average molecular weight is 225 g/mol. The molecule has 0 saturated heterocycles. The minimum Gasteiger partial charge on any atom is -0.408 e. The van der Waals surface area contributed by atoms with Crippen LogP contribution in [-0.2, 0) is 6.54 Å². The summed E-state index contributed by atoms with van der Waals surface area (Å²) in [5, 5.41) is 9.96. The lowest BCUT2D eigenvalue weighted by molar-refractivity contribution is 0.529. The Balaban J connectivity index is 2.07. The third-order valence-electron chi connectivity index (χ3n) is 1.96. The molecule has 0 unspecified atom stereocenters. The van der Waals surface area contributed by atoms with Crippen LogP contribution in [0.2, 0.25) is 0 Å². The number of aromatic nitrogens is 2. The first-order valence-corrected chi connectivity index (χ1v) is 4.63.